The number of rotatable bonds is 7. The number of carbonyl (C=O) groups excluding carboxylic acids is 1. The zero-order chi connectivity index (χ0) is 22.5. The Labute approximate surface area is 188 Å². The summed E-state index contributed by atoms with van der Waals surface area (Å²) >= 11 is 0. The molecule has 4 aromatic carbocycles. The number of anilines is 1. The van der Waals surface area contributed by atoms with Crippen molar-refractivity contribution in [1.29, 1.82) is 0 Å². The van der Waals surface area contributed by atoms with Gasteiger partial charge in [-0.25, -0.2) is 0 Å². The van der Waals surface area contributed by atoms with Crippen LogP contribution >= 0.6 is 0 Å². The van der Waals surface area contributed by atoms with Crippen LogP contribution in [0.2, 0.25) is 0 Å². The summed E-state index contributed by atoms with van der Waals surface area (Å²) in [6.45, 7) is 2.02. The third kappa shape index (κ3) is 4.75. The molecule has 4 heteroatoms. The highest BCUT2D eigenvalue weighted by molar-refractivity contribution is 5.89. The number of hydrogen-bond acceptors (Lipinski definition) is 4. The molecular weight excluding hydrogens is 398 g/mol. The lowest BCUT2D eigenvalue weighted by Crippen LogP contribution is -2.07. The first-order valence-electron chi connectivity index (χ1n) is 10.7. The van der Waals surface area contributed by atoms with Crippen LogP contribution < -0.4 is 10.5 Å². The minimum Gasteiger partial charge on any atom is -0.483 e. The molecule has 0 bridgehead atoms. The van der Waals surface area contributed by atoms with Gasteiger partial charge in [0.15, 0.2) is 5.75 Å². The Morgan fingerprint density at radius 3 is 2.38 bits per heavy atom. The van der Waals surface area contributed by atoms with Crippen LogP contribution in [0.5, 0.6) is 5.75 Å². The number of esters is 1. The highest BCUT2D eigenvalue weighted by atomic mass is 16.5. The van der Waals surface area contributed by atoms with Gasteiger partial charge in [-0.15, -0.1) is 0 Å². The average molecular weight is 426 g/mol. The summed E-state index contributed by atoms with van der Waals surface area (Å²) in [6.07, 6.45) is 0.679. The number of benzene rings is 4. The van der Waals surface area contributed by atoms with E-state index in [-0.39, 0.29) is 12.1 Å². The van der Waals surface area contributed by atoms with Crippen molar-refractivity contribution in [3.05, 3.63) is 96.1 Å². The summed E-state index contributed by atoms with van der Waals surface area (Å²) in [5, 5.41) is 2.32. The summed E-state index contributed by atoms with van der Waals surface area (Å²) in [7, 11) is 1.40. The normalized spacial score (nSPS) is 11.8. The lowest BCUT2D eigenvalue weighted by molar-refractivity contribution is -0.140. The predicted molar refractivity (Wildman–Crippen MR) is 130 cm³/mol. The lowest BCUT2D eigenvalue weighted by Gasteiger charge is -2.21. The van der Waals surface area contributed by atoms with Crippen molar-refractivity contribution < 1.29 is 14.3 Å². The maximum Gasteiger partial charge on any atom is 0.305 e. The van der Waals surface area contributed by atoms with Gasteiger partial charge in [0.05, 0.1) is 12.8 Å². The molecule has 1 atom stereocenters. The van der Waals surface area contributed by atoms with Crippen molar-refractivity contribution >= 4 is 22.4 Å². The zero-order valence-electron chi connectivity index (χ0n) is 18.4. The molecule has 0 spiro atoms. The van der Waals surface area contributed by atoms with Crippen molar-refractivity contribution in [1.82, 2.24) is 0 Å². The number of carbonyl (C=O) groups is 1. The average Bonchev–Trinajstić information content (AvgIpc) is 2.84. The van der Waals surface area contributed by atoms with E-state index in [2.05, 4.69) is 36.4 Å². The number of fused-ring (bicyclic) bond motifs is 1. The Bertz CT molecular complexity index is 1230. The van der Waals surface area contributed by atoms with Crippen LogP contribution in [0.4, 0.5) is 5.69 Å². The minimum absolute atomic E-state index is 0.168. The minimum atomic E-state index is -0.242. The molecule has 0 aliphatic carbocycles. The topological polar surface area (TPSA) is 61.5 Å². The summed E-state index contributed by atoms with van der Waals surface area (Å²) < 4.78 is 11.2. The van der Waals surface area contributed by atoms with Crippen molar-refractivity contribution in [2.75, 3.05) is 12.8 Å². The highest BCUT2D eigenvalue weighted by Crippen LogP contribution is 2.40. The van der Waals surface area contributed by atoms with E-state index in [1.807, 2.05) is 55.5 Å². The van der Waals surface area contributed by atoms with Gasteiger partial charge in [0.25, 0.3) is 0 Å². The van der Waals surface area contributed by atoms with Crippen molar-refractivity contribution in [3.63, 3.8) is 0 Å². The Morgan fingerprint density at radius 2 is 1.62 bits per heavy atom. The van der Waals surface area contributed by atoms with Gasteiger partial charge in [0, 0.05) is 12.0 Å². The quantitative estimate of drug-likeness (QED) is 0.277. The van der Waals surface area contributed by atoms with Crippen molar-refractivity contribution in [2.45, 2.75) is 25.9 Å². The maximum absolute atomic E-state index is 11.7. The van der Waals surface area contributed by atoms with Gasteiger partial charge in [-0.2, -0.15) is 0 Å². The number of ether oxygens (including phenoxy) is 2. The van der Waals surface area contributed by atoms with Gasteiger partial charge < -0.3 is 15.2 Å². The van der Waals surface area contributed by atoms with Gasteiger partial charge in [-0.3, -0.25) is 4.79 Å². The zero-order valence-corrected chi connectivity index (χ0v) is 18.4. The largest absolute Gasteiger partial charge is 0.483 e. The van der Waals surface area contributed by atoms with E-state index >= 15 is 0 Å². The summed E-state index contributed by atoms with van der Waals surface area (Å²) in [4.78, 5) is 11.7. The summed E-state index contributed by atoms with van der Waals surface area (Å²) in [5.41, 5.74) is 11.0. The molecule has 0 aliphatic rings. The fourth-order valence-corrected chi connectivity index (χ4v) is 3.88. The van der Waals surface area contributed by atoms with Crippen LogP contribution in [0.25, 0.3) is 21.9 Å². The highest BCUT2D eigenvalue weighted by Gasteiger charge is 2.17. The van der Waals surface area contributed by atoms with Gasteiger partial charge in [-0.05, 0) is 59.0 Å². The molecule has 0 aromatic heterocycles. The van der Waals surface area contributed by atoms with Crippen LogP contribution in [0.1, 0.15) is 30.6 Å². The Hall–Kier alpha value is -3.79. The molecule has 0 amide bonds. The molecule has 4 aromatic rings. The Balaban J connectivity index is 1.77. The number of hydrogen-bond donors (Lipinski definition) is 1. The van der Waals surface area contributed by atoms with Gasteiger partial charge in [0.1, 0.15) is 6.10 Å². The predicted octanol–water partition coefficient (Wildman–Crippen LogP) is 6.33. The molecule has 0 heterocycles. The third-order valence-corrected chi connectivity index (χ3v) is 5.65. The van der Waals surface area contributed by atoms with E-state index in [1.165, 1.54) is 12.5 Å². The first-order chi connectivity index (χ1) is 15.5. The molecule has 4 rings (SSSR count). The van der Waals surface area contributed by atoms with Gasteiger partial charge >= 0.3 is 5.97 Å². The summed E-state index contributed by atoms with van der Waals surface area (Å²) in [6, 6.07) is 28.6. The van der Waals surface area contributed by atoms with E-state index in [1.54, 1.807) is 0 Å². The van der Waals surface area contributed by atoms with Crippen LogP contribution in [-0.4, -0.2) is 13.1 Å². The van der Waals surface area contributed by atoms with Gasteiger partial charge in [-0.1, -0.05) is 66.7 Å². The second-order valence-electron chi connectivity index (χ2n) is 7.87. The van der Waals surface area contributed by atoms with E-state index in [0.717, 1.165) is 27.6 Å². The van der Waals surface area contributed by atoms with Crippen molar-refractivity contribution in [3.8, 4) is 16.9 Å². The number of nitrogens with two attached hydrogens (primary N) is 1. The lowest BCUT2D eigenvalue weighted by atomic mass is 9.96. The van der Waals surface area contributed by atoms with E-state index in [0.29, 0.717) is 24.3 Å². The molecule has 0 aliphatic heterocycles. The van der Waals surface area contributed by atoms with Crippen LogP contribution in [0.15, 0.2) is 84.9 Å². The maximum atomic E-state index is 11.7. The first kappa shape index (κ1) is 21.4. The Morgan fingerprint density at radius 1 is 0.906 bits per heavy atom. The van der Waals surface area contributed by atoms with E-state index in [9.17, 15) is 4.79 Å². The monoisotopic (exact) mass is 425 g/mol. The fourth-order valence-electron chi connectivity index (χ4n) is 3.88. The fraction of sp³-hybridized carbons (Fsp3) is 0.179. The molecule has 4 nitrogen and oxygen atoms in total. The van der Waals surface area contributed by atoms with Gasteiger partial charge in [0.2, 0.25) is 0 Å². The molecular formula is C28H27NO3. The van der Waals surface area contributed by atoms with Crippen LogP contribution in [-0.2, 0) is 16.0 Å². The number of aryl methyl sites for hydroxylation is 1. The molecule has 0 saturated carbocycles. The third-order valence-electron chi connectivity index (χ3n) is 5.65. The van der Waals surface area contributed by atoms with E-state index in [4.69, 9.17) is 15.2 Å². The first-order valence-corrected chi connectivity index (χ1v) is 10.7. The molecule has 2 N–H and O–H groups in total. The summed E-state index contributed by atoms with van der Waals surface area (Å²) in [5.74, 6) is 0.410. The number of nitrogen functional groups attached to an aromatic ring is 1. The molecule has 32 heavy (non-hydrogen) atoms. The molecule has 162 valence electrons. The number of methoxy groups -OCH3 is 1. The molecule has 0 saturated heterocycles. The van der Waals surface area contributed by atoms with Crippen LogP contribution in [0, 0.1) is 0 Å². The molecule has 0 fully saturated rings. The van der Waals surface area contributed by atoms with E-state index < -0.39 is 0 Å². The molecule has 1 unspecified atom stereocenters. The SMILES string of the molecule is COC(=O)CCc1cc(N)c(OC(C)c2ccccc2)c(-c2ccc3ccccc3c2)c1. The Kier molecular flexibility index (Phi) is 6.41. The second-order valence-corrected chi connectivity index (χ2v) is 7.87. The van der Waals surface area contributed by atoms with Crippen LogP contribution in [0.3, 0.4) is 0 Å². The smallest absolute Gasteiger partial charge is 0.305 e. The standard InChI is InChI=1S/C28H27NO3/c1-19(21-8-4-3-5-9-21)32-28-25(16-20(17-26(28)29)12-15-27(30)31-2)24-14-13-22-10-6-7-11-23(22)18-24/h3-11,13-14,16-19H,12,15,29H2,1-2H3. The van der Waals surface area contributed by atoms with Crippen molar-refractivity contribution in [2.24, 2.45) is 0 Å². The second kappa shape index (κ2) is 9.56. The molecule has 0 radical (unpaired) electrons.